The van der Waals surface area contributed by atoms with Crippen LogP contribution in [0.1, 0.15) is 30.6 Å². The first-order valence-electron chi connectivity index (χ1n) is 5.69. The lowest BCUT2D eigenvalue weighted by molar-refractivity contribution is 0.0705. The van der Waals surface area contributed by atoms with Gasteiger partial charge in [0.2, 0.25) is 0 Å². The molecular formula is C13H17BrClNO. The maximum absolute atomic E-state index is 12.4. The van der Waals surface area contributed by atoms with E-state index in [1.165, 1.54) is 0 Å². The predicted molar refractivity (Wildman–Crippen MR) is 75.7 cm³/mol. The highest BCUT2D eigenvalue weighted by atomic mass is 79.9. The summed E-state index contributed by atoms with van der Waals surface area (Å²) in [4.78, 5) is 14.2. The zero-order valence-corrected chi connectivity index (χ0v) is 12.5. The summed E-state index contributed by atoms with van der Waals surface area (Å²) in [5.41, 5.74) is 0.704. The Morgan fingerprint density at radius 3 is 2.59 bits per heavy atom. The van der Waals surface area contributed by atoms with E-state index >= 15 is 0 Å². The summed E-state index contributed by atoms with van der Waals surface area (Å²) >= 11 is 9.09. The molecule has 0 fully saturated rings. The molecule has 1 aromatic rings. The Morgan fingerprint density at radius 1 is 1.41 bits per heavy atom. The van der Waals surface area contributed by atoms with E-state index in [0.717, 1.165) is 10.9 Å². The van der Waals surface area contributed by atoms with Crippen LogP contribution in [0.4, 0.5) is 0 Å². The number of carbonyl (C=O) groups is 1. The van der Waals surface area contributed by atoms with Crippen molar-refractivity contribution in [3.8, 4) is 0 Å². The Morgan fingerprint density at radius 2 is 2.06 bits per heavy atom. The lowest BCUT2D eigenvalue weighted by atomic mass is 10.1. The SMILES string of the molecule is CC(C)N(CCCCl)C(=O)c1ccccc1Br. The van der Waals surface area contributed by atoms with Crippen LogP contribution in [0.15, 0.2) is 28.7 Å². The van der Waals surface area contributed by atoms with Gasteiger partial charge in [-0.2, -0.15) is 0 Å². The van der Waals surface area contributed by atoms with Gasteiger partial charge in [-0.3, -0.25) is 4.79 Å². The molecule has 4 heteroatoms. The molecule has 17 heavy (non-hydrogen) atoms. The van der Waals surface area contributed by atoms with Crippen molar-refractivity contribution >= 4 is 33.4 Å². The van der Waals surface area contributed by atoms with Crippen molar-refractivity contribution in [2.45, 2.75) is 26.3 Å². The first-order chi connectivity index (χ1) is 8.07. The molecule has 0 aliphatic carbocycles. The summed E-state index contributed by atoms with van der Waals surface area (Å²) in [5.74, 6) is 0.629. The summed E-state index contributed by atoms with van der Waals surface area (Å²) in [6, 6.07) is 7.67. The average molecular weight is 319 g/mol. The minimum atomic E-state index is 0.0533. The molecule has 0 heterocycles. The molecule has 0 radical (unpaired) electrons. The molecule has 0 aromatic heterocycles. The summed E-state index contributed by atoms with van der Waals surface area (Å²) in [7, 11) is 0. The van der Waals surface area contributed by atoms with Crippen LogP contribution in [0.2, 0.25) is 0 Å². The minimum Gasteiger partial charge on any atom is -0.336 e. The van der Waals surface area contributed by atoms with Gasteiger partial charge >= 0.3 is 0 Å². The summed E-state index contributed by atoms with van der Waals surface area (Å²) in [6.45, 7) is 4.73. The normalized spacial score (nSPS) is 10.6. The third kappa shape index (κ3) is 4.00. The fourth-order valence-electron chi connectivity index (χ4n) is 1.61. The fraction of sp³-hybridized carbons (Fsp3) is 0.462. The van der Waals surface area contributed by atoms with Crippen molar-refractivity contribution in [1.82, 2.24) is 4.90 Å². The Hall–Kier alpha value is -0.540. The van der Waals surface area contributed by atoms with Gasteiger partial charge in [0.1, 0.15) is 0 Å². The summed E-state index contributed by atoms with van der Waals surface area (Å²) in [5, 5.41) is 0. The standard InChI is InChI=1S/C13H17BrClNO/c1-10(2)16(9-5-8-15)13(17)11-6-3-4-7-12(11)14/h3-4,6-7,10H,5,8-9H2,1-2H3. The van der Waals surface area contributed by atoms with Gasteiger partial charge in [0, 0.05) is 22.9 Å². The van der Waals surface area contributed by atoms with Gasteiger partial charge in [0.15, 0.2) is 0 Å². The quantitative estimate of drug-likeness (QED) is 0.753. The topological polar surface area (TPSA) is 20.3 Å². The van der Waals surface area contributed by atoms with E-state index in [1.54, 1.807) is 0 Å². The number of hydrogen-bond acceptors (Lipinski definition) is 1. The van der Waals surface area contributed by atoms with Gasteiger partial charge in [0.05, 0.1) is 5.56 Å². The summed E-state index contributed by atoms with van der Waals surface area (Å²) in [6.07, 6.45) is 0.815. The largest absolute Gasteiger partial charge is 0.336 e. The second-order valence-electron chi connectivity index (χ2n) is 4.11. The number of rotatable bonds is 5. The number of nitrogens with zero attached hydrogens (tertiary/aromatic N) is 1. The lowest BCUT2D eigenvalue weighted by Crippen LogP contribution is -2.38. The molecule has 0 unspecified atom stereocenters. The molecule has 0 aliphatic heterocycles. The number of halogens is 2. The van der Waals surface area contributed by atoms with Crippen molar-refractivity contribution in [2.24, 2.45) is 0 Å². The molecular weight excluding hydrogens is 302 g/mol. The lowest BCUT2D eigenvalue weighted by Gasteiger charge is -2.27. The van der Waals surface area contributed by atoms with Crippen molar-refractivity contribution in [3.63, 3.8) is 0 Å². The minimum absolute atomic E-state index is 0.0533. The van der Waals surface area contributed by atoms with E-state index in [-0.39, 0.29) is 11.9 Å². The zero-order valence-electron chi connectivity index (χ0n) is 10.1. The summed E-state index contributed by atoms with van der Waals surface area (Å²) < 4.78 is 0.835. The number of carbonyl (C=O) groups excluding carboxylic acids is 1. The number of benzene rings is 1. The third-order valence-electron chi connectivity index (χ3n) is 2.52. The van der Waals surface area contributed by atoms with Gasteiger partial charge in [-0.25, -0.2) is 0 Å². The first kappa shape index (κ1) is 14.5. The number of amides is 1. The van der Waals surface area contributed by atoms with E-state index in [9.17, 15) is 4.79 Å². The van der Waals surface area contributed by atoms with E-state index < -0.39 is 0 Å². The third-order valence-corrected chi connectivity index (χ3v) is 3.48. The van der Waals surface area contributed by atoms with Crippen molar-refractivity contribution < 1.29 is 4.79 Å². The number of alkyl halides is 1. The molecule has 2 nitrogen and oxygen atoms in total. The van der Waals surface area contributed by atoms with Gasteiger partial charge < -0.3 is 4.90 Å². The monoisotopic (exact) mass is 317 g/mol. The fourth-order valence-corrected chi connectivity index (χ4v) is 2.19. The molecule has 1 amide bonds. The van der Waals surface area contributed by atoms with Crippen LogP contribution in [-0.2, 0) is 0 Å². The predicted octanol–water partition coefficient (Wildman–Crippen LogP) is 3.93. The van der Waals surface area contributed by atoms with Crippen molar-refractivity contribution in [1.29, 1.82) is 0 Å². The van der Waals surface area contributed by atoms with E-state index in [1.807, 2.05) is 43.0 Å². The molecule has 1 rings (SSSR count). The molecule has 0 aliphatic rings. The Balaban J connectivity index is 2.88. The molecule has 0 saturated heterocycles. The van der Waals surface area contributed by atoms with Crippen LogP contribution in [-0.4, -0.2) is 29.3 Å². The van der Waals surface area contributed by atoms with Gasteiger partial charge in [-0.05, 0) is 48.3 Å². The van der Waals surface area contributed by atoms with E-state index in [0.29, 0.717) is 18.0 Å². The second kappa shape index (κ2) is 7.02. The van der Waals surface area contributed by atoms with Gasteiger partial charge in [0.25, 0.3) is 5.91 Å². The van der Waals surface area contributed by atoms with Gasteiger partial charge in [-0.1, -0.05) is 12.1 Å². The molecule has 0 atom stereocenters. The molecule has 0 N–H and O–H groups in total. The van der Waals surface area contributed by atoms with Crippen LogP contribution in [0, 0.1) is 0 Å². The first-order valence-corrected chi connectivity index (χ1v) is 7.02. The Labute approximate surface area is 116 Å². The maximum atomic E-state index is 12.4. The molecule has 0 saturated carbocycles. The Kier molecular flexibility index (Phi) is 6.00. The van der Waals surface area contributed by atoms with E-state index in [2.05, 4.69) is 15.9 Å². The highest BCUT2D eigenvalue weighted by molar-refractivity contribution is 9.10. The van der Waals surface area contributed by atoms with Crippen LogP contribution in [0.3, 0.4) is 0 Å². The molecule has 1 aromatic carbocycles. The van der Waals surface area contributed by atoms with Crippen molar-refractivity contribution in [2.75, 3.05) is 12.4 Å². The Bertz CT molecular complexity index is 381. The van der Waals surface area contributed by atoms with Crippen LogP contribution in [0.5, 0.6) is 0 Å². The zero-order chi connectivity index (χ0) is 12.8. The van der Waals surface area contributed by atoms with Crippen molar-refractivity contribution in [3.05, 3.63) is 34.3 Å². The smallest absolute Gasteiger partial charge is 0.255 e. The highest BCUT2D eigenvalue weighted by Crippen LogP contribution is 2.19. The molecule has 94 valence electrons. The van der Waals surface area contributed by atoms with Crippen LogP contribution in [0.25, 0.3) is 0 Å². The average Bonchev–Trinajstić information content (AvgIpc) is 2.29. The second-order valence-corrected chi connectivity index (χ2v) is 5.35. The van der Waals surface area contributed by atoms with Crippen LogP contribution >= 0.6 is 27.5 Å². The van der Waals surface area contributed by atoms with E-state index in [4.69, 9.17) is 11.6 Å². The van der Waals surface area contributed by atoms with Crippen LogP contribution < -0.4 is 0 Å². The molecule has 0 spiro atoms. The highest BCUT2D eigenvalue weighted by Gasteiger charge is 2.19. The maximum Gasteiger partial charge on any atom is 0.255 e. The number of hydrogen-bond donors (Lipinski definition) is 0. The van der Waals surface area contributed by atoms with Gasteiger partial charge in [-0.15, -0.1) is 11.6 Å². The molecule has 0 bridgehead atoms.